The van der Waals surface area contributed by atoms with Crippen molar-refractivity contribution in [3.05, 3.63) is 83.2 Å². The number of carbonyl (C=O) groups is 1. The molecule has 3 rings (SSSR count). The predicted molar refractivity (Wildman–Crippen MR) is 105 cm³/mol. The van der Waals surface area contributed by atoms with E-state index in [0.29, 0.717) is 5.69 Å². The Morgan fingerprint density at radius 2 is 1.92 bits per heavy atom. The summed E-state index contributed by atoms with van der Waals surface area (Å²) in [5.74, 6) is 2.33. The number of hydrogen-bond donors (Lipinski definition) is 1. The first-order valence-electron chi connectivity index (χ1n) is 8.26. The van der Waals surface area contributed by atoms with Crippen LogP contribution < -0.4 is 5.32 Å². The average molecular weight is 341 g/mol. The summed E-state index contributed by atoms with van der Waals surface area (Å²) in [7, 11) is 0. The van der Waals surface area contributed by atoms with Crippen molar-refractivity contribution in [3.8, 4) is 18.0 Å². The molecule has 4 heteroatoms. The molecule has 0 spiro atoms. The van der Waals surface area contributed by atoms with Crippen LogP contribution in [-0.2, 0) is 4.79 Å². The molecule has 2 aromatic carbocycles. The van der Waals surface area contributed by atoms with Gasteiger partial charge in [0.25, 0.3) is 0 Å². The minimum Gasteiger partial charge on any atom is -0.322 e. The van der Waals surface area contributed by atoms with Gasteiger partial charge >= 0.3 is 0 Å². The molecule has 128 valence electrons. The van der Waals surface area contributed by atoms with Gasteiger partial charge in [-0.3, -0.25) is 4.79 Å². The van der Waals surface area contributed by atoms with Gasteiger partial charge in [-0.05, 0) is 50.3 Å². The number of hydrogen-bond acceptors (Lipinski definition) is 2. The summed E-state index contributed by atoms with van der Waals surface area (Å²) in [4.78, 5) is 12.2. The van der Waals surface area contributed by atoms with Crippen LogP contribution in [0.25, 0.3) is 11.8 Å². The third kappa shape index (κ3) is 3.73. The Morgan fingerprint density at radius 3 is 2.65 bits per heavy atom. The van der Waals surface area contributed by atoms with Crippen LogP contribution in [0.5, 0.6) is 0 Å². The Labute approximate surface area is 153 Å². The molecule has 0 aliphatic carbocycles. The number of para-hydroxylation sites is 1. The lowest BCUT2D eigenvalue weighted by molar-refractivity contribution is -0.111. The summed E-state index contributed by atoms with van der Waals surface area (Å²) < 4.78 is 1.88. The Morgan fingerprint density at radius 1 is 1.15 bits per heavy atom. The zero-order valence-corrected chi connectivity index (χ0v) is 14.7. The van der Waals surface area contributed by atoms with E-state index in [1.807, 2.05) is 61.0 Å². The molecule has 1 amide bonds. The molecule has 0 radical (unpaired) electrons. The highest BCUT2D eigenvalue weighted by atomic mass is 16.1. The summed E-state index contributed by atoms with van der Waals surface area (Å²) in [6.45, 7) is 3.92. The maximum absolute atomic E-state index is 12.2. The van der Waals surface area contributed by atoms with Crippen molar-refractivity contribution < 1.29 is 4.79 Å². The molecule has 1 aromatic heterocycles. The van der Waals surface area contributed by atoms with Gasteiger partial charge in [0.1, 0.15) is 0 Å². The molecule has 0 bridgehead atoms. The van der Waals surface area contributed by atoms with Crippen LogP contribution in [0.2, 0.25) is 0 Å². The van der Waals surface area contributed by atoms with E-state index in [0.717, 1.165) is 28.2 Å². The van der Waals surface area contributed by atoms with Crippen LogP contribution in [0.3, 0.4) is 0 Å². The van der Waals surface area contributed by atoms with Crippen LogP contribution in [0.1, 0.15) is 22.5 Å². The number of aromatic nitrogens is 2. The molecule has 0 fully saturated rings. The van der Waals surface area contributed by atoms with E-state index in [2.05, 4.69) is 16.3 Å². The van der Waals surface area contributed by atoms with Gasteiger partial charge in [0, 0.05) is 28.6 Å². The second-order valence-corrected chi connectivity index (χ2v) is 5.88. The fourth-order valence-corrected chi connectivity index (χ4v) is 2.75. The molecule has 0 unspecified atom stereocenters. The highest BCUT2D eigenvalue weighted by molar-refractivity contribution is 6.02. The van der Waals surface area contributed by atoms with E-state index < -0.39 is 0 Å². The average Bonchev–Trinajstić information content (AvgIpc) is 2.95. The molecule has 3 aromatic rings. The van der Waals surface area contributed by atoms with Crippen molar-refractivity contribution in [3.63, 3.8) is 0 Å². The minimum atomic E-state index is -0.217. The fourth-order valence-electron chi connectivity index (χ4n) is 2.75. The maximum atomic E-state index is 12.2. The molecule has 0 saturated carbocycles. The second kappa shape index (κ2) is 7.54. The number of nitrogens with zero attached hydrogens (tertiary/aromatic N) is 2. The minimum absolute atomic E-state index is 0.217. The van der Waals surface area contributed by atoms with Crippen molar-refractivity contribution in [2.45, 2.75) is 13.8 Å². The van der Waals surface area contributed by atoms with Crippen molar-refractivity contribution in [1.82, 2.24) is 9.78 Å². The number of amides is 1. The van der Waals surface area contributed by atoms with Gasteiger partial charge < -0.3 is 5.32 Å². The number of benzene rings is 2. The lowest BCUT2D eigenvalue weighted by Gasteiger charge is -2.04. The first-order valence-corrected chi connectivity index (χ1v) is 8.26. The molecule has 0 saturated heterocycles. The Balaban J connectivity index is 1.79. The van der Waals surface area contributed by atoms with Gasteiger partial charge in [-0.1, -0.05) is 30.2 Å². The standard InChI is InChI=1S/C22H19N3O/c1-4-18-9-8-10-19(15-18)23-22(26)14-13-21-16(2)24-25(17(21)3)20-11-6-5-7-12-20/h1,5-15H,2-3H3,(H,23,26)/b14-13+. The topological polar surface area (TPSA) is 46.9 Å². The number of aryl methyl sites for hydroxylation is 1. The van der Waals surface area contributed by atoms with Crippen LogP contribution in [-0.4, -0.2) is 15.7 Å². The second-order valence-electron chi connectivity index (χ2n) is 5.88. The van der Waals surface area contributed by atoms with Crippen molar-refractivity contribution in [2.75, 3.05) is 5.32 Å². The van der Waals surface area contributed by atoms with Crippen LogP contribution in [0, 0.1) is 26.2 Å². The predicted octanol–water partition coefficient (Wildman–Crippen LogP) is 4.12. The number of nitrogens with one attached hydrogen (secondary N) is 1. The summed E-state index contributed by atoms with van der Waals surface area (Å²) in [5, 5.41) is 7.39. The van der Waals surface area contributed by atoms with Crippen LogP contribution in [0.4, 0.5) is 5.69 Å². The Bertz CT molecular complexity index is 1010. The van der Waals surface area contributed by atoms with E-state index in [1.54, 1.807) is 18.2 Å². The van der Waals surface area contributed by atoms with Gasteiger partial charge in [-0.2, -0.15) is 5.10 Å². The molecule has 4 nitrogen and oxygen atoms in total. The van der Waals surface area contributed by atoms with E-state index in [4.69, 9.17) is 6.42 Å². The molecule has 0 atom stereocenters. The van der Waals surface area contributed by atoms with E-state index in [-0.39, 0.29) is 5.91 Å². The zero-order chi connectivity index (χ0) is 18.5. The molecule has 1 N–H and O–H groups in total. The normalized spacial score (nSPS) is 10.7. The lowest BCUT2D eigenvalue weighted by Crippen LogP contribution is -2.07. The lowest BCUT2D eigenvalue weighted by atomic mass is 10.1. The van der Waals surface area contributed by atoms with Gasteiger partial charge in [0.15, 0.2) is 0 Å². The number of carbonyl (C=O) groups excluding carboxylic acids is 1. The van der Waals surface area contributed by atoms with Crippen molar-refractivity contribution >= 4 is 17.7 Å². The van der Waals surface area contributed by atoms with Crippen molar-refractivity contribution in [2.24, 2.45) is 0 Å². The molecule has 0 aliphatic heterocycles. The SMILES string of the molecule is C#Cc1cccc(NC(=O)/C=C/c2c(C)nn(-c3ccccc3)c2C)c1. The smallest absolute Gasteiger partial charge is 0.248 e. The monoisotopic (exact) mass is 341 g/mol. The first kappa shape index (κ1) is 17.2. The number of anilines is 1. The van der Waals surface area contributed by atoms with E-state index >= 15 is 0 Å². The first-order chi connectivity index (χ1) is 12.6. The zero-order valence-electron chi connectivity index (χ0n) is 14.7. The summed E-state index contributed by atoms with van der Waals surface area (Å²) in [5.41, 5.74) is 5.16. The molecule has 26 heavy (non-hydrogen) atoms. The number of terminal acetylenes is 1. The van der Waals surface area contributed by atoms with Gasteiger partial charge in [0.2, 0.25) is 5.91 Å². The van der Waals surface area contributed by atoms with E-state index in [9.17, 15) is 4.79 Å². The largest absolute Gasteiger partial charge is 0.322 e. The van der Waals surface area contributed by atoms with Gasteiger partial charge in [-0.15, -0.1) is 6.42 Å². The van der Waals surface area contributed by atoms with Crippen LogP contribution >= 0.6 is 0 Å². The highest BCUT2D eigenvalue weighted by Crippen LogP contribution is 2.19. The quantitative estimate of drug-likeness (QED) is 0.573. The third-order valence-corrected chi connectivity index (χ3v) is 4.05. The number of rotatable bonds is 4. The molecular weight excluding hydrogens is 322 g/mol. The molecule has 1 heterocycles. The third-order valence-electron chi connectivity index (χ3n) is 4.05. The van der Waals surface area contributed by atoms with Gasteiger partial charge in [0.05, 0.1) is 11.4 Å². The summed E-state index contributed by atoms with van der Waals surface area (Å²) >= 11 is 0. The van der Waals surface area contributed by atoms with Gasteiger partial charge in [-0.25, -0.2) is 4.68 Å². The Hall–Kier alpha value is -3.58. The van der Waals surface area contributed by atoms with E-state index in [1.165, 1.54) is 6.08 Å². The molecular formula is C22H19N3O. The summed E-state index contributed by atoms with van der Waals surface area (Å²) in [6.07, 6.45) is 8.68. The Kier molecular flexibility index (Phi) is 5.00. The fraction of sp³-hybridized carbons (Fsp3) is 0.0909. The molecule has 0 aliphatic rings. The highest BCUT2D eigenvalue weighted by Gasteiger charge is 2.10. The maximum Gasteiger partial charge on any atom is 0.248 e. The summed E-state index contributed by atoms with van der Waals surface area (Å²) in [6, 6.07) is 17.1. The van der Waals surface area contributed by atoms with Crippen LogP contribution in [0.15, 0.2) is 60.7 Å². The van der Waals surface area contributed by atoms with Crippen molar-refractivity contribution in [1.29, 1.82) is 0 Å².